The molecule has 2 saturated carbocycles. The SMILES string of the molecule is CC(C(=O)[O-])C(c1ccc2c(c1)OC1(CC2)CC(Nc2ncccc2C(F)(F)F)C1)C1CC1. The normalized spacial score (nSPS) is 26.0. The van der Waals surface area contributed by atoms with Gasteiger partial charge in [0.25, 0.3) is 0 Å². The van der Waals surface area contributed by atoms with Crippen LogP contribution in [0.2, 0.25) is 0 Å². The van der Waals surface area contributed by atoms with Crippen LogP contribution < -0.4 is 15.2 Å². The molecule has 0 radical (unpaired) electrons. The van der Waals surface area contributed by atoms with Crippen LogP contribution in [0, 0.1) is 11.8 Å². The third-order valence-corrected chi connectivity index (χ3v) is 7.38. The van der Waals surface area contributed by atoms with E-state index >= 15 is 0 Å². The molecule has 5 nitrogen and oxygen atoms in total. The van der Waals surface area contributed by atoms with Crippen LogP contribution in [0.25, 0.3) is 0 Å². The third kappa shape index (κ3) is 4.27. The van der Waals surface area contributed by atoms with E-state index in [4.69, 9.17) is 4.74 Å². The van der Waals surface area contributed by atoms with Crippen molar-refractivity contribution in [2.75, 3.05) is 5.32 Å². The molecule has 0 saturated heterocycles. The van der Waals surface area contributed by atoms with Crippen molar-refractivity contribution in [3.05, 3.63) is 53.2 Å². The van der Waals surface area contributed by atoms with Crippen LogP contribution in [0.5, 0.6) is 5.75 Å². The number of benzene rings is 1. The molecule has 176 valence electrons. The molecule has 1 N–H and O–H groups in total. The number of carbonyl (C=O) groups excluding carboxylic acids is 1. The van der Waals surface area contributed by atoms with Crippen molar-refractivity contribution >= 4 is 11.8 Å². The smallest absolute Gasteiger partial charge is 0.419 e. The number of fused-ring (bicyclic) bond motifs is 1. The topological polar surface area (TPSA) is 74.3 Å². The minimum Gasteiger partial charge on any atom is -0.550 e. The molecule has 1 aromatic carbocycles. The Labute approximate surface area is 190 Å². The van der Waals surface area contributed by atoms with Gasteiger partial charge >= 0.3 is 6.18 Å². The molecule has 0 amide bonds. The van der Waals surface area contributed by atoms with Gasteiger partial charge in [-0.15, -0.1) is 0 Å². The fraction of sp³-hybridized carbons (Fsp3) is 0.520. The van der Waals surface area contributed by atoms with Gasteiger partial charge < -0.3 is 20.0 Å². The predicted molar refractivity (Wildman–Crippen MR) is 114 cm³/mol. The molecule has 2 unspecified atom stereocenters. The predicted octanol–water partition coefficient (Wildman–Crippen LogP) is 4.32. The Balaban J connectivity index is 1.30. The summed E-state index contributed by atoms with van der Waals surface area (Å²) in [6.07, 6.45) is 1.73. The second-order valence-electron chi connectivity index (χ2n) is 9.77. The third-order valence-electron chi connectivity index (χ3n) is 7.38. The van der Waals surface area contributed by atoms with Gasteiger partial charge in [0, 0.05) is 37.0 Å². The van der Waals surface area contributed by atoms with Gasteiger partial charge in [0.15, 0.2) is 0 Å². The molecule has 2 aliphatic carbocycles. The van der Waals surface area contributed by atoms with Crippen molar-refractivity contribution in [2.24, 2.45) is 11.8 Å². The van der Waals surface area contributed by atoms with Gasteiger partial charge in [-0.2, -0.15) is 13.2 Å². The number of anilines is 1. The maximum absolute atomic E-state index is 13.3. The van der Waals surface area contributed by atoms with Gasteiger partial charge in [0.2, 0.25) is 0 Å². The Hall–Kier alpha value is -2.77. The highest BCUT2D eigenvalue weighted by Crippen LogP contribution is 2.50. The number of nitrogens with one attached hydrogen (secondary N) is 1. The van der Waals surface area contributed by atoms with Gasteiger partial charge in [0.1, 0.15) is 17.2 Å². The molecule has 0 bridgehead atoms. The Morgan fingerprint density at radius 1 is 1.27 bits per heavy atom. The largest absolute Gasteiger partial charge is 0.550 e. The average molecular weight is 459 g/mol. The van der Waals surface area contributed by atoms with Crippen LogP contribution in [0.15, 0.2) is 36.5 Å². The summed E-state index contributed by atoms with van der Waals surface area (Å²) < 4.78 is 46.2. The number of rotatable bonds is 6. The standard InChI is InChI=1S/C25H27F3N2O3/c1-14(23(31)32)21(16-5-6-16)17-7-4-15-8-9-24(33-20(15)11-17)12-18(13-24)30-22-19(25(26,27)28)3-2-10-29-22/h2-4,7,10-11,14,16,18,21H,5-6,8-9,12-13H2,1H3,(H,29,30)(H,31,32)/p-1. The molecule has 1 aromatic heterocycles. The highest BCUT2D eigenvalue weighted by atomic mass is 19.4. The lowest BCUT2D eigenvalue weighted by Gasteiger charge is -2.50. The van der Waals surface area contributed by atoms with E-state index in [0.29, 0.717) is 18.8 Å². The van der Waals surface area contributed by atoms with Crippen molar-refractivity contribution in [3.63, 3.8) is 0 Å². The lowest BCUT2D eigenvalue weighted by atomic mass is 9.70. The number of alkyl halides is 3. The summed E-state index contributed by atoms with van der Waals surface area (Å²) >= 11 is 0. The number of carboxylic acids is 1. The van der Waals surface area contributed by atoms with Gasteiger partial charge in [-0.25, -0.2) is 4.98 Å². The van der Waals surface area contributed by atoms with E-state index in [9.17, 15) is 23.1 Å². The van der Waals surface area contributed by atoms with Gasteiger partial charge in [-0.3, -0.25) is 0 Å². The first-order valence-electron chi connectivity index (χ1n) is 11.5. The van der Waals surface area contributed by atoms with Gasteiger partial charge in [-0.05, 0) is 66.8 Å². The molecule has 2 heterocycles. The lowest BCUT2D eigenvalue weighted by molar-refractivity contribution is -0.311. The van der Waals surface area contributed by atoms with Crippen LogP contribution >= 0.6 is 0 Å². The molecule has 8 heteroatoms. The number of hydrogen-bond acceptors (Lipinski definition) is 5. The van der Waals surface area contributed by atoms with Crippen LogP contribution in [0.4, 0.5) is 19.0 Å². The quantitative estimate of drug-likeness (QED) is 0.697. The molecule has 1 spiro atoms. The van der Waals surface area contributed by atoms with E-state index in [1.165, 1.54) is 12.3 Å². The number of nitrogens with zero attached hydrogens (tertiary/aromatic N) is 1. The van der Waals surface area contributed by atoms with Crippen molar-refractivity contribution < 1.29 is 27.8 Å². The van der Waals surface area contributed by atoms with Crippen LogP contribution in [0.3, 0.4) is 0 Å². The minimum atomic E-state index is -4.46. The fourth-order valence-corrected chi connectivity index (χ4v) is 5.47. The zero-order valence-electron chi connectivity index (χ0n) is 18.3. The number of ether oxygens (including phenoxy) is 1. The number of carbonyl (C=O) groups is 1. The summed E-state index contributed by atoms with van der Waals surface area (Å²) in [7, 11) is 0. The highest BCUT2D eigenvalue weighted by Gasteiger charge is 2.49. The second kappa shape index (κ2) is 7.92. The summed E-state index contributed by atoms with van der Waals surface area (Å²) in [6.45, 7) is 1.70. The maximum Gasteiger partial charge on any atom is 0.419 e. The van der Waals surface area contributed by atoms with E-state index < -0.39 is 29.2 Å². The summed E-state index contributed by atoms with van der Waals surface area (Å²) in [5.41, 5.74) is 0.868. The summed E-state index contributed by atoms with van der Waals surface area (Å²) in [5, 5.41) is 14.5. The summed E-state index contributed by atoms with van der Waals surface area (Å²) in [5.74, 6) is -0.738. The van der Waals surface area contributed by atoms with Crippen molar-refractivity contribution in [3.8, 4) is 5.75 Å². The number of pyridine rings is 1. The summed E-state index contributed by atoms with van der Waals surface area (Å²) in [6, 6.07) is 8.16. The number of aliphatic carboxylic acids is 1. The van der Waals surface area contributed by atoms with Gasteiger partial charge in [0.05, 0.1) is 5.56 Å². The number of aryl methyl sites for hydroxylation is 1. The number of carboxylic acid groups (broad SMARTS) is 1. The molecular formula is C25H26F3N2O3-. The Morgan fingerprint density at radius 2 is 2.03 bits per heavy atom. The first kappa shape index (κ1) is 22.0. The van der Waals surface area contributed by atoms with Crippen molar-refractivity contribution in [2.45, 2.75) is 69.2 Å². The first-order chi connectivity index (χ1) is 15.7. The van der Waals surface area contributed by atoms with Crippen LogP contribution in [0.1, 0.15) is 61.6 Å². The fourth-order valence-electron chi connectivity index (χ4n) is 5.47. The van der Waals surface area contributed by atoms with E-state index in [1.54, 1.807) is 6.92 Å². The molecule has 2 atom stereocenters. The average Bonchev–Trinajstić information content (AvgIpc) is 3.57. The molecule has 33 heavy (non-hydrogen) atoms. The van der Waals surface area contributed by atoms with E-state index in [1.807, 2.05) is 18.2 Å². The van der Waals surface area contributed by atoms with Crippen molar-refractivity contribution in [1.82, 2.24) is 4.98 Å². The minimum absolute atomic E-state index is 0.0949. The number of halogens is 3. The zero-order chi connectivity index (χ0) is 23.4. The number of hydrogen-bond donors (Lipinski definition) is 1. The van der Waals surface area contributed by atoms with Crippen molar-refractivity contribution in [1.29, 1.82) is 0 Å². The zero-order valence-corrected chi connectivity index (χ0v) is 18.3. The molecule has 2 aromatic rings. The highest BCUT2D eigenvalue weighted by molar-refractivity contribution is 5.69. The maximum atomic E-state index is 13.3. The molecule has 1 aliphatic heterocycles. The first-order valence-corrected chi connectivity index (χ1v) is 11.5. The Bertz CT molecular complexity index is 1060. The van der Waals surface area contributed by atoms with E-state index in [2.05, 4.69) is 10.3 Å². The Morgan fingerprint density at radius 3 is 2.70 bits per heavy atom. The molecular weight excluding hydrogens is 433 g/mol. The Kier molecular flexibility index (Phi) is 5.29. The van der Waals surface area contributed by atoms with E-state index in [0.717, 1.165) is 48.6 Å². The van der Waals surface area contributed by atoms with Gasteiger partial charge in [-0.1, -0.05) is 19.1 Å². The lowest BCUT2D eigenvalue weighted by Crippen LogP contribution is -2.56. The van der Waals surface area contributed by atoms with Crippen LogP contribution in [-0.4, -0.2) is 22.6 Å². The molecule has 5 rings (SSSR count). The molecule has 3 aliphatic rings. The van der Waals surface area contributed by atoms with Crippen LogP contribution in [-0.2, 0) is 17.4 Å². The van der Waals surface area contributed by atoms with E-state index in [-0.39, 0.29) is 17.8 Å². The number of aromatic nitrogens is 1. The summed E-state index contributed by atoms with van der Waals surface area (Å²) in [4.78, 5) is 15.4. The second-order valence-corrected chi connectivity index (χ2v) is 9.77. The monoisotopic (exact) mass is 459 g/mol. The molecule has 2 fully saturated rings.